The zero-order valence-corrected chi connectivity index (χ0v) is 26.3. The second-order valence-corrected chi connectivity index (χ2v) is 11.8. The minimum atomic E-state index is -1.48. The van der Waals surface area contributed by atoms with Crippen molar-refractivity contribution in [1.82, 2.24) is 4.90 Å². The molecule has 3 atom stereocenters. The highest BCUT2D eigenvalue weighted by Gasteiger charge is 2.76. The second kappa shape index (κ2) is 11.6. The van der Waals surface area contributed by atoms with Gasteiger partial charge in [0.25, 0.3) is 5.72 Å². The predicted molar refractivity (Wildman–Crippen MR) is 182 cm³/mol. The number of nitrogens with zero attached hydrogens (tertiary/aromatic N) is 3. The molecule has 1 fully saturated rings. The maximum Gasteiger partial charge on any atom is 0.354 e. The second-order valence-electron chi connectivity index (χ2n) is 11.8. The SMILES string of the molecule is COc1ccc(/C=C2\[C@@]3(C(=O)ON=C3c3ccccc3)[C@@H](c3ccc(OC)cc3)N3C(c4ccccc4)=NO[C@@]23c2ccccc2)cc1. The molecule has 0 unspecified atom stereocenters. The van der Waals surface area contributed by atoms with Crippen LogP contribution in [0.1, 0.15) is 33.9 Å². The Balaban J connectivity index is 1.51. The van der Waals surface area contributed by atoms with Crippen LogP contribution in [-0.2, 0) is 20.2 Å². The molecule has 0 amide bonds. The number of carbonyl (C=O) groups is 1. The summed E-state index contributed by atoms with van der Waals surface area (Å²) in [4.78, 5) is 29.6. The van der Waals surface area contributed by atoms with Crippen LogP contribution in [0, 0.1) is 5.41 Å². The number of benzene rings is 5. The van der Waals surface area contributed by atoms with Crippen molar-refractivity contribution < 1.29 is 23.9 Å². The van der Waals surface area contributed by atoms with E-state index in [-0.39, 0.29) is 0 Å². The lowest BCUT2D eigenvalue weighted by Gasteiger charge is -2.35. The van der Waals surface area contributed by atoms with Gasteiger partial charge in [-0.2, -0.15) is 0 Å². The summed E-state index contributed by atoms with van der Waals surface area (Å²) in [7, 11) is 3.26. The molecule has 8 rings (SSSR count). The van der Waals surface area contributed by atoms with Gasteiger partial charge >= 0.3 is 5.97 Å². The fraction of sp³-hybridized carbons (Fsp3) is 0.125. The summed E-state index contributed by atoms with van der Waals surface area (Å²) in [5.74, 6) is 1.47. The maximum atomic E-state index is 14.9. The Morgan fingerprint density at radius 1 is 0.688 bits per heavy atom. The van der Waals surface area contributed by atoms with Gasteiger partial charge in [-0.3, -0.25) is 4.90 Å². The Morgan fingerprint density at radius 3 is 1.85 bits per heavy atom. The first-order valence-corrected chi connectivity index (χ1v) is 15.6. The summed E-state index contributed by atoms with van der Waals surface area (Å²) in [5.41, 5.74) is 2.27. The first-order valence-electron chi connectivity index (χ1n) is 15.6. The molecule has 48 heavy (non-hydrogen) atoms. The minimum absolute atomic E-state index is 0.481. The molecule has 3 aliphatic heterocycles. The van der Waals surface area contributed by atoms with Gasteiger partial charge in [0.15, 0.2) is 11.3 Å². The van der Waals surface area contributed by atoms with E-state index in [0.717, 1.165) is 27.8 Å². The molecule has 8 nitrogen and oxygen atoms in total. The van der Waals surface area contributed by atoms with Crippen LogP contribution in [-0.4, -0.2) is 36.6 Å². The average Bonchev–Trinajstić information content (AvgIpc) is 3.79. The molecule has 0 N–H and O–H groups in total. The number of carbonyl (C=O) groups excluding carboxylic acids is 1. The largest absolute Gasteiger partial charge is 0.497 e. The Morgan fingerprint density at radius 2 is 1.25 bits per heavy atom. The van der Waals surface area contributed by atoms with Crippen LogP contribution in [0.15, 0.2) is 155 Å². The number of methoxy groups -OCH3 is 2. The molecule has 3 aliphatic rings. The van der Waals surface area contributed by atoms with E-state index < -0.39 is 23.2 Å². The van der Waals surface area contributed by atoms with Crippen LogP contribution in [0.5, 0.6) is 11.5 Å². The fourth-order valence-corrected chi connectivity index (χ4v) is 7.17. The van der Waals surface area contributed by atoms with Crippen molar-refractivity contribution in [3.8, 4) is 11.5 Å². The van der Waals surface area contributed by atoms with E-state index in [1.807, 2.05) is 146 Å². The number of hydrogen-bond acceptors (Lipinski definition) is 8. The fourth-order valence-electron chi connectivity index (χ4n) is 7.17. The van der Waals surface area contributed by atoms with Crippen LogP contribution >= 0.6 is 0 Å². The number of rotatable bonds is 7. The molecule has 1 saturated heterocycles. The summed E-state index contributed by atoms with van der Waals surface area (Å²) in [6.07, 6.45) is 2.01. The van der Waals surface area contributed by atoms with E-state index in [4.69, 9.17) is 24.3 Å². The van der Waals surface area contributed by atoms with Gasteiger partial charge in [-0.05, 0) is 41.5 Å². The van der Waals surface area contributed by atoms with Crippen LogP contribution in [0.3, 0.4) is 0 Å². The standard InChI is InChI=1S/C40H31N3O5/c1-45-32-22-18-27(19-23-32)26-34-39(35(41-47-38(39)44)28-12-6-3-7-13-28)36(29-20-24-33(46-2)25-21-29)43-37(30-14-8-4-9-15-30)42-48-40(34,43)31-16-10-5-11-17-31/h3-26,36H,1-2H3/b34-26+/t36-,39+,40+/m1/s1. The van der Waals surface area contributed by atoms with Gasteiger partial charge in [-0.1, -0.05) is 126 Å². The Bertz CT molecular complexity index is 2060. The molecule has 1 spiro atoms. The van der Waals surface area contributed by atoms with Crippen LogP contribution in [0.4, 0.5) is 0 Å². The first kappa shape index (κ1) is 29.3. The molecule has 0 saturated carbocycles. The van der Waals surface area contributed by atoms with Crippen molar-refractivity contribution in [3.63, 3.8) is 0 Å². The van der Waals surface area contributed by atoms with Gasteiger partial charge in [-0.25, -0.2) is 4.79 Å². The van der Waals surface area contributed by atoms with Crippen molar-refractivity contribution in [1.29, 1.82) is 0 Å². The van der Waals surface area contributed by atoms with Crippen molar-refractivity contribution >= 4 is 23.6 Å². The smallest absolute Gasteiger partial charge is 0.354 e. The number of amidine groups is 1. The summed E-state index contributed by atoms with van der Waals surface area (Å²) < 4.78 is 11.0. The molecule has 8 heteroatoms. The Kier molecular flexibility index (Phi) is 7.06. The topological polar surface area (TPSA) is 82.0 Å². The molecule has 0 radical (unpaired) electrons. The zero-order chi connectivity index (χ0) is 32.7. The predicted octanol–water partition coefficient (Wildman–Crippen LogP) is 7.34. The van der Waals surface area contributed by atoms with Crippen LogP contribution in [0.2, 0.25) is 0 Å². The lowest BCUT2D eigenvalue weighted by molar-refractivity contribution is -0.147. The Labute approximate surface area is 278 Å². The molecular weight excluding hydrogens is 602 g/mol. The lowest BCUT2D eigenvalue weighted by Crippen LogP contribution is -2.45. The molecular formula is C40H31N3O5. The van der Waals surface area contributed by atoms with Crippen molar-refractivity contribution in [2.24, 2.45) is 15.7 Å². The number of ether oxygens (including phenoxy) is 2. The van der Waals surface area contributed by atoms with E-state index >= 15 is 0 Å². The highest BCUT2D eigenvalue weighted by molar-refractivity contribution is 6.23. The molecule has 236 valence electrons. The first-order chi connectivity index (χ1) is 23.6. The van der Waals surface area contributed by atoms with Crippen molar-refractivity contribution in [2.75, 3.05) is 14.2 Å². The van der Waals surface area contributed by atoms with Gasteiger partial charge in [0.2, 0.25) is 0 Å². The third-order valence-corrected chi connectivity index (χ3v) is 9.31. The van der Waals surface area contributed by atoms with Gasteiger partial charge in [0.05, 0.1) is 20.3 Å². The van der Waals surface area contributed by atoms with Crippen molar-refractivity contribution in [2.45, 2.75) is 11.8 Å². The minimum Gasteiger partial charge on any atom is -0.497 e. The van der Waals surface area contributed by atoms with E-state index in [2.05, 4.69) is 10.1 Å². The molecule has 0 aromatic heterocycles. The van der Waals surface area contributed by atoms with Gasteiger partial charge < -0.3 is 19.1 Å². The normalized spacial score (nSPS) is 23.4. The van der Waals surface area contributed by atoms with E-state index in [1.165, 1.54) is 0 Å². The Hall–Kier alpha value is -6.15. The third kappa shape index (κ3) is 4.26. The third-order valence-electron chi connectivity index (χ3n) is 9.31. The van der Waals surface area contributed by atoms with E-state index in [9.17, 15) is 4.79 Å². The quantitative estimate of drug-likeness (QED) is 0.175. The van der Waals surface area contributed by atoms with Gasteiger partial charge in [0, 0.05) is 22.3 Å². The molecule has 0 bridgehead atoms. The van der Waals surface area contributed by atoms with Gasteiger partial charge in [-0.15, -0.1) is 0 Å². The maximum absolute atomic E-state index is 14.9. The highest BCUT2D eigenvalue weighted by atomic mass is 16.7. The van der Waals surface area contributed by atoms with Gasteiger partial charge in [0.1, 0.15) is 17.2 Å². The average molecular weight is 634 g/mol. The van der Waals surface area contributed by atoms with Crippen LogP contribution in [0.25, 0.3) is 6.08 Å². The summed E-state index contributed by atoms with van der Waals surface area (Å²) in [6, 6.07) is 44.2. The van der Waals surface area contributed by atoms with E-state index in [0.29, 0.717) is 28.6 Å². The summed E-state index contributed by atoms with van der Waals surface area (Å²) in [6.45, 7) is 0. The van der Waals surface area contributed by atoms with Crippen molar-refractivity contribution in [3.05, 3.63) is 173 Å². The molecule has 5 aromatic carbocycles. The van der Waals surface area contributed by atoms with E-state index in [1.54, 1.807) is 14.2 Å². The number of fused-ring (bicyclic) bond motifs is 1. The molecule has 3 heterocycles. The van der Waals surface area contributed by atoms with Crippen LogP contribution < -0.4 is 9.47 Å². The lowest BCUT2D eigenvalue weighted by atomic mass is 9.66. The highest BCUT2D eigenvalue weighted by Crippen LogP contribution is 2.67. The summed E-state index contributed by atoms with van der Waals surface area (Å²) >= 11 is 0. The molecule has 0 aliphatic carbocycles. The monoisotopic (exact) mass is 633 g/mol. The molecule has 5 aromatic rings. The number of oxime groups is 2. The number of hydrogen-bond donors (Lipinski definition) is 0. The zero-order valence-electron chi connectivity index (χ0n) is 26.3. The summed E-state index contributed by atoms with van der Waals surface area (Å²) in [5, 5.41) is 9.37.